The minimum Gasteiger partial charge on any atom is -0.347 e. The molecule has 0 spiro atoms. The predicted molar refractivity (Wildman–Crippen MR) is 110 cm³/mol. The van der Waals surface area contributed by atoms with Crippen molar-refractivity contribution < 1.29 is 9.59 Å². The number of carbonyl (C=O) groups excluding carboxylic acids is 2. The number of likely N-dealkylation sites (tertiary alicyclic amines) is 1. The molecule has 8 nitrogen and oxygen atoms in total. The van der Waals surface area contributed by atoms with E-state index in [9.17, 15) is 9.59 Å². The lowest BCUT2D eigenvalue weighted by molar-refractivity contribution is 0.0590. The van der Waals surface area contributed by atoms with Gasteiger partial charge in [0.05, 0.1) is 11.2 Å². The Labute approximate surface area is 178 Å². The van der Waals surface area contributed by atoms with Gasteiger partial charge >= 0.3 is 0 Å². The number of thioether (sulfide) groups is 1. The standard InChI is InChI=1S/C19H23ClN6O2S/c1-3-26-14(6-7-22-26)17(27)23-15-11-4-5-12(15)10-25(9-11)18(28)16-13(20)8-21-19(24-16)29-2/h6-8,11-12,15H,3-5,9-10H2,1-2H3,(H,23,27)/t11-,12+,15?. The third-order valence-corrected chi connectivity index (χ3v) is 6.61. The van der Waals surface area contributed by atoms with Crippen LogP contribution in [0.15, 0.2) is 23.6 Å². The predicted octanol–water partition coefficient (Wildman–Crippen LogP) is 2.35. The van der Waals surface area contributed by atoms with Gasteiger partial charge in [0.2, 0.25) is 0 Å². The highest BCUT2D eigenvalue weighted by Crippen LogP contribution is 2.38. The van der Waals surface area contributed by atoms with Gasteiger partial charge in [-0.3, -0.25) is 14.3 Å². The molecule has 2 amide bonds. The van der Waals surface area contributed by atoms with Gasteiger partial charge in [0.25, 0.3) is 11.8 Å². The van der Waals surface area contributed by atoms with Crippen LogP contribution in [-0.4, -0.2) is 61.8 Å². The number of rotatable bonds is 5. The zero-order valence-electron chi connectivity index (χ0n) is 16.3. The zero-order chi connectivity index (χ0) is 20.5. The van der Waals surface area contributed by atoms with Crippen molar-refractivity contribution in [1.29, 1.82) is 0 Å². The summed E-state index contributed by atoms with van der Waals surface area (Å²) >= 11 is 7.56. The fourth-order valence-electron chi connectivity index (χ4n) is 4.38. The van der Waals surface area contributed by atoms with E-state index in [0.717, 1.165) is 12.8 Å². The van der Waals surface area contributed by atoms with Crippen LogP contribution in [0.2, 0.25) is 5.02 Å². The molecule has 1 saturated heterocycles. The van der Waals surface area contributed by atoms with E-state index in [1.807, 2.05) is 18.1 Å². The maximum atomic E-state index is 13.0. The molecule has 3 atom stereocenters. The van der Waals surface area contributed by atoms with Crippen LogP contribution < -0.4 is 5.32 Å². The first-order chi connectivity index (χ1) is 14.0. The average molecular weight is 435 g/mol. The summed E-state index contributed by atoms with van der Waals surface area (Å²) in [6, 6.07) is 1.80. The Bertz CT molecular complexity index is 921. The van der Waals surface area contributed by atoms with Crippen LogP contribution in [0.3, 0.4) is 0 Å². The highest BCUT2D eigenvalue weighted by Gasteiger charge is 2.44. The van der Waals surface area contributed by atoms with Crippen LogP contribution in [0.5, 0.6) is 0 Å². The van der Waals surface area contributed by atoms with E-state index in [0.29, 0.717) is 30.5 Å². The normalized spacial score (nSPS) is 23.3. The van der Waals surface area contributed by atoms with Gasteiger partial charge in [0, 0.05) is 31.9 Å². The SMILES string of the molecule is CCn1nccc1C(=O)NC1[C@@H]2CC[C@H]1CN(C(=O)c1nc(SC)ncc1Cl)C2. The second-order valence-corrected chi connectivity index (χ2v) is 8.57. The molecular formula is C19H23ClN6O2S. The number of aryl methyl sites for hydroxylation is 1. The maximum Gasteiger partial charge on any atom is 0.274 e. The minimum atomic E-state index is -0.168. The summed E-state index contributed by atoms with van der Waals surface area (Å²) in [6.07, 6.45) is 6.95. The first kappa shape index (κ1) is 20.2. The first-order valence-electron chi connectivity index (χ1n) is 9.70. The van der Waals surface area contributed by atoms with Gasteiger partial charge in [0.1, 0.15) is 5.69 Å². The van der Waals surface area contributed by atoms with Crippen LogP contribution in [0.1, 0.15) is 40.7 Å². The Kier molecular flexibility index (Phi) is 5.78. The molecule has 1 saturated carbocycles. The van der Waals surface area contributed by atoms with E-state index in [-0.39, 0.29) is 40.4 Å². The van der Waals surface area contributed by atoms with Crippen LogP contribution >= 0.6 is 23.4 Å². The number of halogens is 1. The van der Waals surface area contributed by atoms with Crippen LogP contribution in [-0.2, 0) is 6.54 Å². The Morgan fingerprint density at radius 2 is 2.03 bits per heavy atom. The van der Waals surface area contributed by atoms with E-state index in [1.165, 1.54) is 18.0 Å². The summed E-state index contributed by atoms with van der Waals surface area (Å²) in [6.45, 7) is 3.77. The van der Waals surface area contributed by atoms with Gasteiger partial charge in [-0.25, -0.2) is 9.97 Å². The summed E-state index contributed by atoms with van der Waals surface area (Å²) in [5.41, 5.74) is 0.822. The van der Waals surface area contributed by atoms with Gasteiger partial charge in [0.15, 0.2) is 10.9 Å². The molecule has 0 aromatic carbocycles. The lowest BCUT2D eigenvalue weighted by atomic mass is 9.91. The number of aromatic nitrogens is 4. The number of nitrogens with zero attached hydrogens (tertiary/aromatic N) is 5. The van der Waals surface area contributed by atoms with Gasteiger partial charge in [-0.1, -0.05) is 23.4 Å². The number of hydrogen-bond acceptors (Lipinski definition) is 6. The number of piperidine rings is 1. The molecule has 2 aromatic rings. The molecule has 2 fully saturated rings. The Morgan fingerprint density at radius 3 is 2.69 bits per heavy atom. The third kappa shape index (κ3) is 3.85. The van der Waals surface area contributed by atoms with Crippen molar-refractivity contribution in [2.75, 3.05) is 19.3 Å². The van der Waals surface area contributed by atoms with E-state index < -0.39 is 0 Å². The Hall–Kier alpha value is -2.13. The van der Waals surface area contributed by atoms with Gasteiger partial charge in [-0.05, 0) is 43.9 Å². The van der Waals surface area contributed by atoms with E-state index in [4.69, 9.17) is 11.6 Å². The van der Waals surface area contributed by atoms with E-state index in [1.54, 1.807) is 16.9 Å². The van der Waals surface area contributed by atoms with Crippen molar-refractivity contribution >= 4 is 35.2 Å². The Morgan fingerprint density at radius 1 is 1.31 bits per heavy atom. The number of carbonyl (C=O) groups is 2. The molecule has 1 aliphatic heterocycles. The van der Waals surface area contributed by atoms with E-state index in [2.05, 4.69) is 20.4 Å². The molecule has 4 rings (SSSR count). The second kappa shape index (κ2) is 8.31. The lowest BCUT2D eigenvalue weighted by Gasteiger charge is -2.38. The molecule has 10 heteroatoms. The molecule has 2 aliphatic rings. The highest BCUT2D eigenvalue weighted by molar-refractivity contribution is 7.98. The van der Waals surface area contributed by atoms with Crippen LogP contribution in [0.4, 0.5) is 0 Å². The quantitative estimate of drug-likeness (QED) is 0.573. The van der Waals surface area contributed by atoms with E-state index >= 15 is 0 Å². The van der Waals surface area contributed by atoms with Gasteiger partial charge < -0.3 is 10.2 Å². The molecule has 1 aliphatic carbocycles. The monoisotopic (exact) mass is 434 g/mol. The van der Waals surface area contributed by atoms with Crippen molar-refractivity contribution in [3.8, 4) is 0 Å². The molecule has 0 radical (unpaired) electrons. The summed E-state index contributed by atoms with van der Waals surface area (Å²) < 4.78 is 1.69. The fourth-order valence-corrected chi connectivity index (χ4v) is 4.89. The minimum absolute atomic E-state index is 0.0642. The third-order valence-electron chi connectivity index (χ3n) is 5.77. The topological polar surface area (TPSA) is 93.0 Å². The molecule has 29 heavy (non-hydrogen) atoms. The largest absolute Gasteiger partial charge is 0.347 e. The average Bonchev–Trinajstić information content (AvgIpc) is 3.29. The summed E-state index contributed by atoms with van der Waals surface area (Å²) in [4.78, 5) is 36.0. The van der Waals surface area contributed by atoms with Crippen LogP contribution in [0.25, 0.3) is 0 Å². The summed E-state index contributed by atoms with van der Waals surface area (Å²) in [5.74, 6) is 0.175. The zero-order valence-corrected chi connectivity index (χ0v) is 17.9. The first-order valence-corrected chi connectivity index (χ1v) is 11.3. The molecule has 3 heterocycles. The molecule has 1 N–H and O–H groups in total. The molecule has 2 bridgehead atoms. The molecular weight excluding hydrogens is 412 g/mol. The van der Waals surface area contributed by atoms with Crippen molar-refractivity contribution in [3.05, 3.63) is 34.9 Å². The molecule has 2 aromatic heterocycles. The van der Waals surface area contributed by atoms with Crippen molar-refractivity contribution in [2.45, 2.75) is 37.5 Å². The summed E-state index contributed by atoms with van der Waals surface area (Å²) in [7, 11) is 0. The second-order valence-electron chi connectivity index (χ2n) is 7.39. The molecule has 1 unspecified atom stereocenters. The van der Waals surface area contributed by atoms with Gasteiger partial charge in [-0.2, -0.15) is 5.10 Å². The van der Waals surface area contributed by atoms with Crippen molar-refractivity contribution in [2.24, 2.45) is 11.8 Å². The Balaban J connectivity index is 1.46. The molecule has 154 valence electrons. The van der Waals surface area contributed by atoms with Gasteiger partial charge in [-0.15, -0.1) is 0 Å². The summed E-state index contributed by atoms with van der Waals surface area (Å²) in [5, 5.41) is 8.16. The fraction of sp³-hybridized carbons (Fsp3) is 0.526. The number of fused-ring (bicyclic) bond motifs is 2. The number of hydrogen-bond donors (Lipinski definition) is 1. The number of nitrogens with one attached hydrogen (secondary N) is 1. The van der Waals surface area contributed by atoms with Crippen molar-refractivity contribution in [1.82, 2.24) is 30.0 Å². The smallest absolute Gasteiger partial charge is 0.274 e. The van der Waals surface area contributed by atoms with Crippen LogP contribution in [0, 0.1) is 11.8 Å². The number of amides is 2. The van der Waals surface area contributed by atoms with Crippen molar-refractivity contribution in [3.63, 3.8) is 0 Å². The highest BCUT2D eigenvalue weighted by atomic mass is 35.5. The lowest BCUT2D eigenvalue weighted by Crippen LogP contribution is -2.54. The maximum absolute atomic E-state index is 13.0.